The van der Waals surface area contributed by atoms with Crippen molar-refractivity contribution >= 4 is 33.2 Å². The number of hydrogen-bond acceptors (Lipinski definition) is 3. The molecule has 1 amide bonds. The van der Waals surface area contributed by atoms with Gasteiger partial charge in [0.2, 0.25) is 5.91 Å². The molecule has 1 atom stereocenters. The summed E-state index contributed by atoms with van der Waals surface area (Å²) in [5.74, 6) is 0.597. The highest BCUT2D eigenvalue weighted by molar-refractivity contribution is 9.10. The summed E-state index contributed by atoms with van der Waals surface area (Å²) >= 11 is 5.09. The summed E-state index contributed by atoms with van der Waals surface area (Å²) in [6.45, 7) is 6.78. The van der Waals surface area contributed by atoms with Crippen molar-refractivity contribution in [3.05, 3.63) is 20.8 Å². The van der Waals surface area contributed by atoms with E-state index in [0.29, 0.717) is 18.9 Å². The number of hydrogen-bond donors (Lipinski definition) is 2. The summed E-state index contributed by atoms with van der Waals surface area (Å²) < 4.78 is 1.08. The Morgan fingerprint density at radius 3 is 2.74 bits per heavy atom. The van der Waals surface area contributed by atoms with Gasteiger partial charge in [0.1, 0.15) is 0 Å². The first-order valence-corrected chi connectivity index (χ1v) is 8.26. The van der Waals surface area contributed by atoms with E-state index < -0.39 is 0 Å². The molecule has 19 heavy (non-hydrogen) atoms. The maximum atomic E-state index is 12.0. The first-order valence-electron chi connectivity index (χ1n) is 6.58. The average molecular weight is 347 g/mol. The molecule has 1 heterocycles. The first-order chi connectivity index (χ1) is 8.84. The van der Waals surface area contributed by atoms with Crippen LogP contribution in [0.25, 0.3) is 0 Å². The lowest BCUT2D eigenvalue weighted by molar-refractivity contribution is -0.122. The molecule has 0 aromatic carbocycles. The van der Waals surface area contributed by atoms with Gasteiger partial charge in [-0.3, -0.25) is 4.79 Å². The molecule has 0 aliphatic carbocycles. The predicted octanol–water partition coefficient (Wildman–Crippen LogP) is 3.32. The van der Waals surface area contributed by atoms with Crippen LogP contribution in [0.1, 0.15) is 38.5 Å². The van der Waals surface area contributed by atoms with Gasteiger partial charge >= 0.3 is 0 Å². The van der Waals surface area contributed by atoms with Crippen LogP contribution in [0.3, 0.4) is 0 Å². The van der Waals surface area contributed by atoms with Gasteiger partial charge in [0.25, 0.3) is 0 Å². The third kappa shape index (κ3) is 6.06. The third-order valence-corrected chi connectivity index (χ3v) is 4.73. The fourth-order valence-electron chi connectivity index (χ4n) is 2.21. The molecule has 108 valence electrons. The minimum absolute atomic E-state index is 0.0816. The van der Waals surface area contributed by atoms with Crippen molar-refractivity contribution in [3.8, 4) is 0 Å². The molecule has 0 saturated carbocycles. The summed E-state index contributed by atoms with van der Waals surface area (Å²) in [6, 6.07) is 2.06. The van der Waals surface area contributed by atoms with E-state index in [2.05, 4.69) is 41.2 Å². The number of thiophene rings is 1. The first kappa shape index (κ1) is 16.7. The highest BCUT2D eigenvalue weighted by Crippen LogP contribution is 2.21. The molecular formula is C14H23BrN2OS. The second-order valence-corrected chi connectivity index (χ2v) is 7.55. The number of amides is 1. The van der Waals surface area contributed by atoms with Crippen molar-refractivity contribution in [2.75, 3.05) is 6.54 Å². The molecule has 1 rings (SSSR count). The van der Waals surface area contributed by atoms with Crippen LogP contribution in [0, 0.1) is 5.92 Å². The number of carbonyl (C=O) groups is 1. The van der Waals surface area contributed by atoms with E-state index >= 15 is 0 Å². The predicted molar refractivity (Wildman–Crippen MR) is 85.4 cm³/mol. The minimum atomic E-state index is -0.290. The van der Waals surface area contributed by atoms with Crippen molar-refractivity contribution in [2.45, 2.75) is 45.6 Å². The smallest absolute Gasteiger partial charge is 0.220 e. The maximum absolute atomic E-state index is 12.0. The van der Waals surface area contributed by atoms with Gasteiger partial charge < -0.3 is 11.1 Å². The molecule has 1 aromatic heterocycles. The molecule has 1 aromatic rings. The van der Waals surface area contributed by atoms with Gasteiger partial charge in [-0.15, -0.1) is 11.3 Å². The van der Waals surface area contributed by atoms with E-state index in [9.17, 15) is 4.79 Å². The van der Waals surface area contributed by atoms with E-state index in [1.54, 1.807) is 11.3 Å². The van der Waals surface area contributed by atoms with Crippen LogP contribution in [-0.2, 0) is 11.2 Å². The van der Waals surface area contributed by atoms with Crippen LogP contribution >= 0.6 is 27.3 Å². The van der Waals surface area contributed by atoms with Crippen molar-refractivity contribution < 1.29 is 4.79 Å². The topological polar surface area (TPSA) is 55.1 Å². The molecule has 0 radical (unpaired) electrons. The standard InChI is InChI=1S/C14H23BrN2OS/c1-10(2)7-14(3,9-16)17-13(18)5-4-12-6-11(15)8-19-12/h6,8,10H,4-5,7,9,16H2,1-3H3,(H,17,18). The Kier molecular flexibility index (Phi) is 6.50. The second-order valence-electron chi connectivity index (χ2n) is 5.64. The lowest BCUT2D eigenvalue weighted by Crippen LogP contribution is -2.52. The quantitative estimate of drug-likeness (QED) is 0.795. The number of rotatable bonds is 7. The van der Waals surface area contributed by atoms with Crippen LogP contribution in [0.15, 0.2) is 15.9 Å². The average Bonchev–Trinajstić information content (AvgIpc) is 2.71. The van der Waals surface area contributed by atoms with Gasteiger partial charge in [0, 0.05) is 33.2 Å². The Hall–Kier alpha value is -0.390. The molecule has 0 aliphatic heterocycles. The lowest BCUT2D eigenvalue weighted by atomic mass is 9.90. The van der Waals surface area contributed by atoms with Gasteiger partial charge in [-0.1, -0.05) is 13.8 Å². The Labute approximate surface area is 128 Å². The zero-order chi connectivity index (χ0) is 14.5. The van der Waals surface area contributed by atoms with Crippen molar-refractivity contribution in [3.63, 3.8) is 0 Å². The van der Waals surface area contributed by atoms with Gasteiger partial charge in [-0.25, -0.2) is 0 Å². The molecule has 3 nitrogen and oxygen atoms in total. The molecule has 1 unspecified atom stereocenters. The molecule has 5 heteroatoms. The zero-order valence-electron chi connectivity index (χ0n) is 11.8. The molecule has 0 fully saturated rings. The second kappa shape index (κ2) is 7.41. The molecular weight excluding hydrogens is 324 g/mol. The number of nitrogens with one attached hydrogen (secondary N) is 1. The number of nitrogens with two attached hydrogens (primary N) is 1. The molecule has 0 bridgehead atoms. The third-order valence-electron chi connectivity index (χ3n) is 2.97. The fraction of sp³-hybridized carbons (Fsp3) is 0.643. The van der Waals surface area contributed by atoms with Crippen LogP contribution in [0.5, 0.6) is 0 Å². The van der Waals surface area contributed by atoms with Crippen LogP contribution < -0.4 is 11.1 Å². The van der Waals surface area contributed by atoms with Gasteiger partial charge in [-0.05, 0) is 47.7 Å². The van der Waals surface area contributed by atoms with Crippen molar-refractivity contribution in [1.29, 1.82) is 0 Å². The van der Waals surface area contributed by atoms with E-state index in [-0.39, 0.29) is 11.4 Å². The highest BCUT2D eigenvalue weighted by atomic mass is 79.9. The summed E-state index contributed by atoms with van der Waals surface area (Å²) in [5.41, 5.74) is 5.50. The van der Waals surface area contributed by atoms with Gasteiger partial charge in [-0.2, -0.15) is 0 Å². The Morgan fingerprint density at radius 1 is 1.58 bits per heavy atom. The Bertz CT molecular complexity index is 419. The van der Waals surface area contributed by atoms with E-state index in [0.717, 1.165) is 17.3 Å². The normalized spacial score (nSPS) is 14.4. The van der Waals surface area contributed by atoms with Crippen LogP contribution in [0.2, 0.25) is 0 Å². The molecule has 0 saturated heterocycles. The van der Waals surface area contributed by atoms with Crippen LogP contribution in [0.4, 0.5) is 0 Å². The monoisotopic (exact) mass is 346 g/mol. The van der Waals surface area contributed by atoms with Crippen molar-refractivity contribution in [1.82, 2.24) is 5.32 Å². The summed E-state index contributed by atoms with van der Waals surface area (Å²) in [6.07, 6.45) is 2.20. The molecule has 3 N–H and O–H groups in total. The molecule has 0 aliphatic rings. The highest BCUT2D eigenvalue weighted by Gasteiger charge is 2.25. The maximum Gasteiger partial charge on any atom is 0.220 e. The Balaban J connectivity index is 2.45. The van der Waals surface area contributed by atoms with E-state index in [1.165, 1.54) is 4.88 Å². The fourth-order valence-corrected chi connectivity index (χ4v) is 3.66. The Morgan fingerprint density at radius 2 is 2.26 bits per heavy atom. The van der Waals surface area contributed by atoms with Gasteiger partial charge in [0.15, 0.2) is 0 Å². The minimum Gasteiger partial charge on any atom is -0.350 e. The largest absolute Gasteiger partial charge is 0.350 e. The van der Waals surface area contributed by atoms with E-state index in [4.69, 9.17) is 5.73 Å². The zero-order valence-corrected chi connectivity index (χ0v) is 14.2. The van der Waals surface area contributed by atoms with Crippen LogP contribution in [-0.4, -0.2) is 18.0 Å². The van der Waals surface area contributed by atoms with Crippen molar-refractivity contribution in [2.24, 2.45) is 11.7 Å². The lowest BCUT2D eigenvalue weighted by Gasteiger charge is -2.31. The summed E-state index contributed by atoms with van der Waals surface area (Å²) in [7, 11) is 0. The van der Waals surface area contributed by atoms with E-state index in [1.807, 2.05) is 12.3 Å². The summed E-state index contributed by atoms with van der Waals surface area (Å²) in [4.78, 5) is 13.2. The SMILES string of the molecule is CC(C)CC(C)(CN)NC(=O)CCc1cc(Br)cs1. The molecule has 0 spiro atoms. The number of halogens is 1. The number of aryl methyl sites for hydroxylation is 1. The van der Waals surface area contributed by atoms with Gasteiger partial charge in [0.05, 0.1) is 0 Å². The summed E-state index contributed by atoms with van der Waals surface area (Å²) in [5, 5.41) is 5.12. The number of carbonyl (C=O) groups excluding carboxylic acids is 1.